The molecule has 3 nitrogen and oxygen atoms in total. The van der Waals surface area contributed by atoms with E-state index >= 15 is 0 Å². The number of benzene rings is 1. The molecule has 1 aliphatic rings. The van der Waals surface area contributed by atoms with Crippen LogP contribution in [0, 0.1) is 11.3 Å². The van der Waals surface area contributed by atoms with Gasteiger partial charge in [-0.1, -0.05) is 37.3 Å². The van der Waals surface area contributed by atoms with Gasteiger partial charge in [0.15, 0.2) is 5.78 Å². The van der Waals surface area contributed by atoms with Gasteiger partial charge in [0.1, 0.15) is 11.0 Å². The lowest BCUT2D eigenvalue weighted by atomic mass is 9.74. The third-order valence-electron chi connectivity index (χ3n) is 4.60. The predicted molar refractivity (Wildman–Crippen MR) is 91.1 cm³/mol. The van der Waals surface area contributed by atoms with E-state index < -0.39 is 11.0 Å². The molecule has 0 bridgehead atoms. The summed E-state index contributed by atoms with van der Waals surface area (Å²) in [5, 5.41) is 0. The summed E-state index contributed by atoms with van der Waals surface area (Å²) in [6, 6.07) is 9.80. The van der Waals surface area contributed by atoms with Crippen LogP contribution in [0.3, 0.4) is 0 Å². The zero-order valence-electron chi connectivity index (χ0n) is 14.7. The van der Waals surface area contributed by atoms with Crippen molar-refractivity contribution >= 4 is 11.8 Å². The van der Waals surface area contributed by atoms with Crippen molar-refractivity contribution in [3.63, 3.8) is 0 Å². The summed E-state index contributed by atoms with van der Waals surface area (Å²) in [4.78, 5) is 25.9. The van der Waals surface area contributed by atoms with Crippen LogP contribution in [0.5, 0.6) is 0 Å². The Labute approximate surface area is 139 Å². The van der Waals surface area contributed by atoms with E-state index in [1.807, 2.05) is 51.1 Å². The van der Waals surface area contributed by atoms with Crippen molar-refractivity contribution in [1.29, 1.82) is 0 Å². The standard InChI is InChI=1S/C20H28O3/c1-15-10-11-17(21)20(13-12-15,18(22)23-19(2,3)4)14-16-8-6-5-7-9-16/h5-9,15H,10-14H2,1-4H3/t15-,20-/m0/s1. The Morgan fingerprint density at radius 1 is 1.22 bits per heavy atom. The molecule has 2 rings (SSSR count). The van der Waals surface area contributed by atoms with E-state index in [4.69, 9.17) is 4.74 Å². The number of hydrogen-bond donors (Lipinski definition) is 0. The van der Waals surface area contributed by atoms with Crippen LogP contribution in [0.25, 0.3) is 0 Å². The summed E-state index contributed by atoms with van der Waals surface area (Å²) < 4.78 is 5.65. The Morgan fingerprint density at radius 2 is 1.87 bits per heavy atom. The van der Waals surface area contributed by atoms with Gasteiger partial charge in [-0.15, -0.1) is 0 Å². The molecule has 0 amide bonds. The van der Waals surface area contributed by atoms with E-state index in [0.717, 1.165) is 18.4 Å². The highest BCUT2D eigenvalue weighted by molar-refractivity contribution is 6.04. The quantitative estimate of drug-likeness (QED) is 0.473. The third kappa shape index (κ3) is 4.43. The van der Waals surface area contributed by atoms with Crippen molar-refractivity contribution in [2.45, 2.75) is 65.4 Å². The first-order chi connectivity index (χ1) is 10.7. The van der Waals surface area contributed by atoms with Crippen molar-refractivity contribution < 1.29 is 14.3 Å². The van der Waals surface area contributed by atoms with Crippen LogP contribution in [-0.4, -0.2) is 17.4 Å². The van der Waals surface area contributed by atoms with E-state index in [-0.39, 0.29) is 11.8 Å². The van der Waals surface area contributed by atoms with E-state index in [1.165, 1.54) is 0 Å². The average Bonchev–Trinajstić information content (AvgIpc) is 2.61. The van der Waals surface area contributed by atoms with Crippen LogP contribution in [-0.2, 0) is 20.7 Å². The van der Waals surface area contributed by atoms with Crippen LogP contribution >= 0.6 is 0 Å². The summed E-state index contributed by atoms with van der Waals surface area (Å²) in [6.07, 6.45) is 3.23. The Kier molecular flexibility index (Phi) is 5.28. The summed E-state index contributed by atoms with van der Waals surface area (Å²) in [7, 11) is 0. The molecule has 23 heavy (non-hydrogen) atoms. The maximum atomic E-state index is 13.0. The topological polar surface area (TPSA) is 43.4 Å². The maximum absolute atomic E-state index is 13.0. The molecule has 0 unspecified atom stereocenters. The molecule has 0 radical (unpaired) electrons. The first kappa shape index (κ1) is 17.7. The molecule has 1 fully saturated rings. The largest absolute Gasteiger partial charge is 0.459 e. The van der Waals surface area contributed by atoms with Gasteiger partial charge in [-0.3, -0.25) is 9.59 Å². The number of ketones is 1. The summed E-state index contributed by atoms with van der Waals surface area (Å²) in [5.41, 5.74) is -0.598. The average molecular weight is 316 g/mol. The minimum atomic E-state index is -1.03. The smallest absolute Gasteiger partial charge is 0.320 e. The van der Waals surface area contributed by atoms with Crippen molar-refractivity contribution in [2.75, 3.05) is 0 Å². The minimum absolute atomic E-state index is 0.0416. The molecule has 0 N–H and O–H groups in total. The van der Waals surface area contributed by atoms with Gasteiger partial charge in [0.2, 0.25) is 0 Å². The Morgan fingerprint density at radius 3 is 2.48 bits per heavy atom. The summed E-state index contributed by atoms with van der Waals surface area (Å²) >= 11 is 0. The van der Waals surface area contributed by atoms with Crippen LogP contribution in [0.4, 0.5) is 0 Å². The lowest BCUT2D eigenvalue weighted by Gasteiger charge is -2.32. The van der Waals surface area contributed by atoms with Gasteiger partial charge in [-0.05, 0) is 57.9 Å². The van der Waals surface area contributed by atoms with Gasteiger partial charge < -0.3 is 4.74 Å². The molecule has 0 spiro atoms. The molecular formula is C20H28O3. The molecular weight excluding hydrogens is 288 g/mol. The number of ether oxygens (including phenoxy) is 1. The summed E-state index contributed by atoms with van der Waals surface area (Å²) in [5.74, 6) is 0.159. The molecule has 1 saturated carbocycles. The first-order valence-electron chi connectivity index (χ1n) is 8.54. The van der Waals surface area contributed by atoms with Gasteiger partial charge >= 0.3 is 5.97 Å². The van der Waals surface area contributed by atoms with E-state index in [9.17, 15) is 9.59 Å². The number of Topliss-reactive ketones (excluding diaryl/α,β-unsaturated/α-hetero) is 1. The van der Waals surface area contributed by atoms with Crippen molar-refractivity contribution in [3.05, 3.63) is 35.9 Å². The molecule has 0 heterocycles. The molecule has 0 aromatic heterocycles. The molecule has 0 saturated heterocycles. The van der Waals surface area contributed by atoms with Crippen molar-refractivity contribution in [3.8, 4) is 0 Å². The van der Waals surface area contributed by atoms with E-state index in [1.54, 1.807) is 0 Å². The van der Waals surface area contributed by atoms with Crippen LogP contribution < -0.4 is 0 Å². The molecule has 3 heteroatoms. The second kappa shape index (κ2) is 6.86. The highest BCUT2D eigenvalue weighted by Gasteiger charge is 2.48. The Balaban J connectivity index is 2.36. The molecule has 1 aromatic carbocycles. The Bertz CT molecular complexity index is 556. The molecule has 0 aliphatic heterocycles. The molecule has 2 atom stereocenters. The number of esters is 1. The SMILES string of the molecule is C[C@H]1CCC(=O)[C@](Cc2ccccc2)(C(=O)OC(C)(C)C)CC1. The van der Waals surface area contributed by atoms with Crippen LogP contribution in [0.15, 0.2) is 30.3 Å². The highest BCUT2D eigenvalue weighted by atomic mass is 16.6. The first-order valence-corrected chi connectivity index (χ1v) is 8.54. The number of rotatable bonds is 3. The molecule has 1 aromatic rings. The fourth-order valence-electron chi connectivity index (χ4n) is 3.19. The number of hydrogen-bond acceptors (Lipinski definition) is 3. The van der Waals surface area contributed by atoms with Gasteiger partial charge in [-0.2, -0.15) is 0 Å². The lowest BCUT2D eigenvalue weighted by Crippen LogP contribution is -2.44. The normalized spacial score (nSPS) is 25.7. The van der Waals surface area contributed by atoms with Crippen molar-refractivity contribution in [1.82, 2.24) is 0 Å². The third-order valence-corrected chi connectivity index (χ3v) is 4.60. The predicted octanol–water partition coefficient (Wildman–Crippen LogP) is 4.34. The monoisotopic (exact) mass is 316 g/mol. The fourth-order valence-corrected chi connectivity index (χ4v) is 3.19. The zero-order chi connectivity index (χ0) is 17.1. The van der Waals surface area contributed by atoms with Gasteiger partial charge in [0.25, 0.3) is 0 Å². The zero-order valence-corrected chi connectivity index (χ0v) is 14.7. The van der Waals surface area contributed by atoms with Crippen LogP contribution in [0.2, 0.25) is 0 Å². The molecule has 126 valence electrons. The van der Waals surface area contributed by atoms with Gasteiger partial charge in [-0.25, -0.2) is 0 Å². The second-order valence-electron chi connectivity index (χ2n) is 7.85. The molecule has 1 aliphatic carbocycles. The Hall–Kier alpha value is -1.64. The second-order valence-corrected chi connectivity index (χ2v) is 7.85. The fraction of sp³-hybridized carbons (Fsp3) is 0.600. The van der Waals surface area contributed by atoms with E-state index in [2.05, 4.69) is 6.92 Å². The lowest BCUT2D eigenvalue weighted by molar-refractivity contribution is -0.171. The van der Waals surface area contributed by atoms with Gasteiger partial charge in [0, 0.05) is 6.42 Å². The maximum Gasteiger partial charge on any atom is 0.320 e. The van der Waals surface area contributed by atoms with Crippen LogP contribution in [0.1, 0.15) is 58.9 Å². The van der Waals surface area contributed by atoms with E-state index in [0.29, 0.717) is 25.2 Å². The highest BCUT2D eigenvalue weighted by Crippen LogP contribution is 2.39. The van der Waals surface area contributed by atoms with Gasteiger partial charge in [0.05, 0.1) is 0 Å². The number of carbonyl (C=O) groups excluding carboxylic acids is 2. The summed E-state index contributed by atoms with van der Waals surface area (Å²) in [6.45, 7) is 7.71. The van der Waals surface area contributed by atoms with Crippen molar-refractivity contribution in [2.24, 2.45) is 11.3 Å². The number of carbonyl (C=O) groups is 2. The minimum Gasteiger partial charge on any atom is -0.459 e.